The average Bonchev–Trinajstić information content (AvgIpc) is 2.87. The fraction of sp³-hybridized carbons (Fsp3) is 0.200. The van der Waals surface area contributed by atoms with Gasteiger partial charge in [-0.1, -0.05) is 30.3 Å². The number of rotatable bonds is 2. The number of aryl methyl sites for hydroxylation is 2. The molecule has 0 bridgehead atoms. The van der Waals surface area contributed by atoms with E-state index < -0.39 is 0 Å². The predicted octanol–water partition coefficient (Wildman–Crippen LogP) is 5.40. The Morgan fingerprint density at radius 3 is 2.87 bits per heavy atom. The van der Waals surface area contributed by atoms with Gasteiger partial charge >= 0.3 is 0 Å². The summed E-state index contributed by atoms with van der Waals surface area (Å²) in [6.07, 6.45) is 2.98. The van der Waals surface area contributed by atoms with Gasteiger partial charge in [0.1, 0.15) is 5.75 Å². The van der Waals surface area contributed by atoms with Crippen LogP contribution in [-0.2, 0) is 7.05 Å². The number of ether oxygens (including phenoxy) is 1. The Labute approximate surface area is 140 Å². The van der Waals surface area contributed by atoms with Gasteiger partial charge in [0, 0.05) is 29.3 Å². The van der Waals surface area contributed by atoms with E-state index >= 15 is 0 Å². The molecular formula is C20H19NOS. The smallest absolute Gasteiger partial charge is 0.126 e. The summed E-state index contributed by atoms with van der Waals surface area (Å²) < 4.78 is 8.26. The van der Waals surface area contributed by atoms with Crippen LogP contribution in [0.2, 0.25) is 0 Å². The third-order valence-corrected chi connectivity index (χ3v) is 5.47. The van der Waals surface area contributed by atoms with E-state index in [4.69, 9.17) is 4.74 Å². The molecule has 1 aromatic heterocycles. The summed E-state index contributed by atoms with van der Waals surface area (Å²) in [5.74, 6) is 2.00. The number of hydrogen-bond acceptors (Lipinski definition) is 2. The Morgan fingerprint density at radius 2 is 2.00 bits per heavy atom. The van der Waals surface area contributed by atoms with Gasteiger partial charge in [0.2, 0.25) is 0 Å². The number of benzene rings is 2. The van der Waals surface area contributed by atoms with E-state index in [0.29, 0.717) is 0 Å². The largest absolute Gasteiger partial charge is 0.465 e. The van der Waals surface area contributed by atoms with Crippen LogP contribution in [0.1, 0.15) is 17.5 Å². The number of hydrogen-bond donors (Lipinski definition) is 0. The van der Waals surface area contributed by atoms with Crippen molar-refractivity contribution in [2.75, 3.05) is 5.75 Å². The van der Waals surface area contributed by atoms with Crippen molar-refractivity contribution in [3.8, 4) is 5.75 Å². The molecule has 0 N–H and O–H groups in total. The van der Waals surface area contributed by atoms with Crippen molar-refractivity contribution in [2.24, 2.45) is 7.05 Å². The van der Waals surface area contributed by atoms with Crippen molar-refractivity contribution in [1.82, 2.24) is 4.57 Å². The number of nitrogens with zero attached hydrogens (tertiary/aromatic N) is 1. The van der Waals surface area contributed by atoms with E-state index in [1.807, 2.05) is 30.2 Å². The summed E-state index contributed by atoms with van der Waals surface area (Å²) >= 11 is 1.94. The summed E-state index contributed by atoms with van der Waals surface area (Å²) in [6.45, 7) is 2.08. The van der Waals surface area contributed by atoms with Crippen molar-refractivity contribution in [1.29, 1.82) is 0 Å². The van der Waals surface area contributed by atoms with Gasteiger partial charge in [-0.2, -0.15) is 0 Å². The Bertz CT molecular complexity index is 907. The van der Waals surface area contributed by atoms with E-state index in [-0.39, 0.29) is 0 Å². The maximum Gasteiger partial charge on any atom is 0.126 e. The Balaban J connectivity index is 1.78. The second kappa shape index (κ2) is 5.82. The molecule has 0 spiro atoms. The second-order valence-corrected chi connectivity index (χ2v) is 7.02. The summed E-state index contributed by atoms with van der Waals surface area (Å²) in [5, 5.41) is 2.66. The van der Waals surface area contributed by atoms with Gasteiger partial charge in [-0.05, 0) is 42.7 Å². The zero-order valence-electron chi connectivity index (χ0n) is 13.4. The van der Waals surface area contributed by atoms with Gasteiger partial charge in [-0.3, -0.25) is 0 Å². The zero-order valence-corrected chi connectivity index (χ0v) is 14.2. The minimum absolute atomic E-state index is 0.900. The molecule has 1 aliphatic rings. The van der Waals surface area contributed by atoms with Gasteiger partial charge < -0.3 is 9.30 Å². The highest BCUT2D eigenvalue weighted by Crippen LogP contribution is 2.42. The lowest BCUT2D eigenvalue weighted by atomic mass is 10.0. The molecule has 0 atom stereocenters. The standard InChI is InChI=1S/C20H19NOS/c1-14-6-5-7-16(12-14)22-13-15-10-11-23-20-19(15)17-8-3-4-9-18(17)21(20)2/h3-9,12-13H,10-11H2,1-2H3/b15-13+. The maximum atomic E-state index is 5.96. The highest BCUT2D eigenvalue weighted by atomic mass is 32.2. The molecule has 0 saturated carbocycles. The lowest BCUT2D eigenvalue weighted by Crippen LogP contribution is -2.01. The van der Waals surface area contributed by atoms with E-state index in [2.05, 4.69) is 54.9 Å². The molecule has 116 valence electrons. The Kier molecular flexibility index (Phi) is 3.66. The fourth-order valence-corrected chi connectivity index (χ4v) is 4.37. The van der Waals surface area contributed by atoms with E-state index in [1.54, 1.807) is 0 Å². The summed E-state index contributed by atoms with van der Waals surface area (Å²) in [5.41, 5.74) is 5.13. The van der Waals surface area contributed by atoms with Crippen LogP contribution < -0.4 is 4.74 Å². The molecule has 0 fully saturated rings. The molecule has 2 aromatic carbocycles. The highest BCUT2D eigenvalue weighted by Gasteiger charge is 2.22. The molecule has 3 heteroatoms. The monoisotopic (exact) mass is 321 g/mol. The number of para-hydroxylation sites is 1. The molecule has 0 saturated heterocycles. The summed E-state index contributed by atoms with van der Waals surface area (Å²) in [4.78, 5) is 0. The molecule has 4 rings (SSSR count). The molecule has 3 aromatic rings. The van der Waals surface area contributed by atoms with Crippen molar-refractivity contribution in [3.63, 3.8) is 0 Å². The fourth-order valence-electron chi connectivity index (χ4n) is 3.18. The molecule has 23 heavy (non-hydrogen) atoms. The molecule has 2 heterocycles. The first-order valence-electron chi connectivity index (χ1n) is 7.87. The number of aromatic nitrogens is 1. The number of fused-ring (bicyclic) bond motifs is 3. The Hall–Kier alpha value is -2.13. The molecule has 0 radical (unpaired) electrons. The quantitative estimate of drug-likeness (QED) is 0.586. The zero-order chi connectivity index (χ0) is 15.8. The van der Waals surface area contributed by atoms with Crippen molar-refractivity contribution < 1.29 is 4.74 Å². The van der Waals surface area contributed by atoms with Gasteiger partial charge in [-0.15, -0.1) is 11.8 Å². The molecule has 0 amide bonds. The van der Waals surface area contributed by atoms with Crippen LogP contribution in [0, 0.1) is 6.92 Å². The maximum absolute atomic E-state index is 5.96. The Morgan fingerprint density at radius 1 is 1.13 bits per heavy atom. The summed E-state index contributed by atoms with van der Waals surface area (Å²) in [6, 6.07) is 16.8. The van der Waals surface area contributed by atoms with Crippen LogP contribution in [-0.4, -0.2) is 10.3 Å². The van der Waals surface area contributed by atoms with Crippen LogP contribution >= 0.6 is 11.8 Å². The third kappa shape index (κ3) is 2.55. The normalized spacial score (nSPS) is 15.8. The minimum Gasteiger partial charge on any atom is -0.465 e. The predicted molar refractivity (Wildman–Crippen MR) is 98.0 cm³/mol. The molecular weight excluding hydrogens is 302 g/mol. The topological polar surface area (TPSA) is 14.2 Å². The average molecular weight is 321 g/mol. The molecule has 0 aliphatic carbocycles. The lowest BCUT2D eigenvalue weighted by Gasteiger charge is -2.16. The van der Waals surface area contributed by atoms with Crippen molar-refractivity contribution in [2.45, 2.75) is 18.4 Å². The third-order valence-electron chi connectivity index (χ3n) is 4.31. The van der Waals surface area contributed by atoms with Crippen molar-refractivity contribution in [3.05, 3.63) is 65.9 Å². The highest BCUT2D eigenvalue weighted by molar-refractivity contribution is 7.99. The van der Waals surface area contributed by atoms with Crippen molar-refractivity contribution >= 4 is 28.2 Å². The first-order valence-corrected chi connectivity index (χ1v) is 8.85. The molecule has 1 aliphatic heterocycles. The SMILES string of the molecule is Cc1cccc(O/C=C2\CCSc3c2c2ccccc2n3C)c1. The van der Waals surface area contributed by atoms with E-state index in [0.717, 1.165) is 17.9 Å². The van der Waals surface area contributed by atoms with Crippen LogP contribution in [0.25, 0.3) is 16.5 Å². The van der Waals surface area contributed by atoms with Crippen LogP contribution in [0.15, 0.2) is 59.8 Å². The second-order valence-electron chi connectivity index (χ2n) is 5.93. The molecule has 0 unspecified atom stereocenters. The lowest BCUT2D eigenvalue weighted by molar-refractivity contribution is 0.481. The first kappa shape index (κ1) is 14.5. The van der Waals surface area contributed by atoms with Crippen LogP contribution in [0.5, 0.6) is 5.75 Å². The minimum atomic E-state index is 0.900. The number of thioether (sulfide) groups is 1. The van der Waals surface area contributed by atoms with Gasteiger partial charge in [-0.25, -0.2) is 0 Å². The van der Waals surface area contributed by atoms with Crippen LogP contribution in [0.4, 0.5) is 0 Å². The van der Waals surface area contributed by atoms with Crippen LogP contribution in [0.3, 0.4) is 0 Å². The van der Waals surface area contributed by atoms with E-state index in [9.17, 15) is 0 Å². The first-order chi connectivity index (χ1) is 11.2. The molecule has 2 nitrogen and oxygen atoms in total. The van der Waals surface area contributed by atoms with Gasteiger partial charge in [0.05, 0.1) is 11.3 Å². The van der Waals surface area contributed by atoms with Gasteiger partial charge in [0.25, 0.3) is 0 Å². The van der Waals surface area contributed by atoms with E-state index in [1.165, 1.54) is 32.6 Å². The summed E-state index contributed by atoms with van der Waals surface area (Å²) in [7, 11) is 2.15. The van der Waals surface area contributed by atoms with Gasteiger partial charge in [0.15, 0.2) is 0 Å². The number of allylic oxidation sites excluding steroid dienone is 1.